The van der Waals surface area contributed by atoms with Crippen LogP contribution in [0, 0.1) is 11.3 Å². The Bertz CT molecular complexity index is 1310. The molecule has 0 aromatic carbocycles. The number of alkyl halides is 5. The Morgan fingerprint density at radius 2 is 1.97 bits per heavy atom. The Hall–Kier alpha value is -3.00. The second-order valence-corrected chi connectivity index (χ2v) is 8.46. The maximum absolute atomic E-state index is 13.6. The average Bonchev–Trinajstić information content (AvgIpc) is 3.55. The van der Waals surface area contributed by atoms with Crippen LogP contribution in [0.25, 0.3) is 22.3 Å². The number of nitriles is 1. The zero-order valence-corrected chi connectivity index (χ0v) is 17.4. The molecule has 0 saturated heterocycles. The van der Waals surface area contributed by atoms with Crippen molar-refractivity contribution in [3.05, 3.63) is 52.6 Å². The van der Waals surface area contributed by atoms with E-state index >= 15 is 0 Å². The van der Waals surface area contributed by atoms with Crippen molar-refractivity contribution in [2.24, 2.45) is 0 Å². The number of hydrogen-bond acceptors (Lipinski definition) is 4. The van der Waals surface area contributed by atoms with Crippen molar-refractivity contribution in [3.8, 4) is 17.5 Å². The number of hydrogen-bond donors (Lipinski definition) is 0. The molecule has 0 atom stereocenters. The third-order valence-electron chi connectivity index (χ3n) is 5.55. The van der Waals surface area contributed by atoms with E-state index in [4.69, 9.17) is 0 Å². The van der Waals surface area contributed by atoms with Crippen molar-refractivity contribution in [3.63, 3.8) is 0 Å². The fourth-order valence-electron chi connectivity index (χ4n) is 3.48. The predicted molar refractivity (Wildman–Crippen MR) is 107 cm³/mol. The summed E-state index contributed by atoms with van der Waals surface area (Å²) in [5.41, 5.74) is 0.281. The Balaban J connectivity index is 1.78. The van der Waals surface area contributed by atoms with E-state index in [2.05, 4.69) is 16.0 Å². The molecule has 1 saturated carbocycles. The van der Waals surface area contributed by atoms with Gasteiger partial charge in [0.05, 0.1) is 34.6 Å². The van der Waals surface area contributed by atoms with Gasteiger partial charge < -0.3 is 4.57 Å². The zero-order valence-electron chi connectivity index (χ0n) is 16.6. The van der Waals surface area contributed by atoms with Gasteiger partial charge in [0.1, 0.15) is 5.69 Å². The SMILES string of the molecule is CSc1cc(C2(C#N)CC2)c[nH+]c1-c1cc2ccc(=O)n(CC(F)(F)C(F)(F)F)c2cn1. The molecule has 0 spiro atoms. The van der Waals surface area contributed by atoms with Gasteiger partial charge in [-0.25, -0.2) is 9.97 Å². The number of fused-ring (bicyclic) bond motifs is 1. The number of pyridine rings is 3. The summed E-state index contributed by atoms with van der Waals surface area (Å²) in [4.78, 5) is 20.2. The van der Waals surface area contributed by atoms with E-state index in [9.17, 15) is 32.0 Å². The van der Waals surface area contributed by atoms with Crippen LogP contribution in [0.3, 0.4) is 0 Å². The molecule has 1 aliphatic carbocycles. The maximum atomic E-state index is 13.6. The van der Waals surface area contributed by atoms with Gasteiger partial charge >= 0.3 is 12.1 Å². The molecule has 0 amide bonds. The Kier molecular flexibility index (Phi) is 5.24. The molecule has 0 unspecified atom stereocenters. The Morgan fingerprint density at radius 3 is 2.56 bits per heavy atom. The van der Waals surface area contributed by atoms with E-state index in [0.29, 0.717) is 16.0 Å². The van der Waals surface area contributed by atoms with Crippen LogP contribution in [0.5, 0.6) is 0 Å². The van der Waals surface area contributed by atoms with Gasteiger partial charge in [-0.15, -0.1) is 11.8 Å². The highest BCUT2D eigenvalue weighted by atomic mass is 32.2. The number of aromatic amines is 1. The number of thioether (sulfide) groups is 1. The molecule has 1 N–H and O–H groups in total. The first kappa shape index (κ1) is 22.2. The van der Waals surface area contributed by atoms with Crippen molar-refractivity contribution in [2.75, 3.05) is 6.26 Å². The summed E-state index contributed by atoms with van der Waals surface area (Å²) in [7, 11) is 0. The topological polar surface area (TPSA) is 72.8 Å². The first-order valence-electron chi connectivity index (χ1n) is 9.47. The van der Waals surface area contributed by atoms with Gasteiger partial charge in [-0.3, -0.25) is 4.79 Å². The van der Waals surface area contributed by atoms with E-state index in [-0.39, 0.29) is 10.9 Å². The van der Waals surface area contributed by atoms with E-state index in [1.165, 1.54) is 23.9 Å². The molecule has 3 aromatic rings. The van der Waals surface area contributed by atoms with E-state index in [1.807, 2.05) is 12.3 Å². The van der Waals surface area contributed by atoms with Gasteiger partial charge in [0, 0.05) is 17.0 Å². The van der Waals surface area contributed by atoms with Crippen molar-refractivity contribution >= 4 is 22.7 Å². The second kappa shape index (κ2) is 7.55. The summed E-state index contributed by atoms with van der Waals surface area (Å²) >= 11 is 1.42. The molecule has 1 fully saturated rings. The van der Waals surface area contributed by atoms with Crippen LogP contribution in [-0.4, -0.2) is 27.9 Å². The Labute approximate surface area is 182 Å². The maximum Gasteiger partial charge on any atom is 0.455 e. The fourth-order valence-corrected chi connectivity index (χ4v) is 4.10. The standard InChI is InChI=1S/C21H15F5N4OS/c1-32-16-7-13(19(10-27)4-5-19)8-29-18(16)14-6-12-2-3-17(31)30(15(12)9-28-14)11-20(22,23)21(24,25)26/h2-3,6-9H,4-5,11H2,1H3/p+1. The fraction of sp³-hybridized carbons (Fsp3) is 0.333. The van der Waals surface area contributed by atoms with Gasteiger partial charge in [-0.2, -0.15) is 27.2 Å². The molecule has 0 aliphatic heterocycles. The number of rotatable bonds is 5. The lowest BCUT2D eigenvalue weighted by molar-refractivity contribution is -0.368. The Morgan fingerprint density at radius 1 is 1.25 bits per heavy atom. The largest absolute Gasteiger partial charge is 0.455 e. The van der Waals surface area contributed by atoms with Crippen molar-refractivity contribution in [1.82, 2.24) is 9.55 Å². The van der Waals surface area contributed by atoms with E-state index < -0.39 is 29.6 Å². The van der Waals surface area contributed by atoms with Gasteiger partial charge in [0.25, 0.3) is 5.56 Å². The molecule has 1 aliphatic rings. The number of halogens is 5. The highest BCUT2D eigenvalue weighted by Crippen LogP contribution is 2.48. The second-order valence-electron chi connectivity index (χ2n) is 7.61. The summed E-state index contributed by atoms with van der Waals surface area (Å²) in [6.07, 6.45) is 0.455. The molecule has 0 radical (unpaired) electrons. The van der Waals surface area contributed by atoms with Gasteiger partial charge in [0.15, 0.2) is 6.20 Å². The monoisotopic (exact) mass is 467 g/mol. The molecule has 4 rings (SSSR count). The highest BCUT2D eigenvalue weighted by Gasteiger charge is 2.57. The van der Waals surface area contributed by atoms with E-state index in [0.717, 1.165) is 35.6 Å². The lowest BCUT2D eigenvalue weighted by Crippen LogP contribution is -2.42. The van der Waals surface area contributed by atoms with Crippen LogP contribution >= 0.6 is 11.8 Å². The molecule has 166 valence electrons. The first-order valence-corrected chi connectivity index (χ1v) is 10.7. The van der Waals surface area contributed by atoms with Crippen LogP contribution in [0.15, 0.2) is 46.3 Å². The van der Waals surface area contributed by atoms with Crippen LogP contribution in [0.4, 0.5) is 22.0 Å². The third kappa shape index (κ3) is 3.72. The lowest BCUT2D eigenvalue weighted by Gasteiger charge is -2.21. The molecule has 0 bridgehead atoms. The summed E-state index contributed by atoms with van der Waals surface area (Å²) in [5.74, 6) is -5.07. The third-order valence-corrected chi connectivity index (χ3v) is 6.31. The number of nitrogens with zero attached hydrogens (tertiary/aromatic N) is 3. The van der Waals surface area contributed by atoms with Gasteiger partial charge in [-0.05, 0) is 37.3 Å². The van der Waals surface area contributed by atoms with E-state index in [1.54, 1.807) is 6.20 Å². The predicted octanol–water partition coefficient (Wildman–Crippen LogP) is 4.35. The van der Waals surface area contributed by atoms with Gasteiger partial charge in [0.2, 0.25) is 5.69 Å². The average molecular weight is 467 g/mol. The minimum atomic E-state index is -5.78. The number of H-pyrrole nitrogens is 1. The summed E-state index contributed by atoms with van der Waals surface area (Å²) in [5, 5.41) is 9.71. The number of nitrogens with one attached hydrogen (secondary N) is 1. The summed E-state index contributed by atoms with van der Waals surface area (Å²) in [6, 6.07) is 8.03. The van der Waals surface area contributed by atoms with Crippen molar-refractivity contribution in [2.45, 2.75) is 41.8 Å². The van der Waals surface area contributed by atoms with Crippen LogP contribution < -0.4 is 10.5 Å². The van der Waals surface area contributed by atoms with Gasteiger partial charge in [-0.1, -0.05) is 0 Å². The molecular weight excluding hydrogens is 451 g/mol. The minimum absolute atomic E-state index is 0.131. The molecular formula is C21H16F5N4OS+. The smallest absolute Gasteiger partial charge is 0.300 e. The lowest BCUT2D eigenvalue weighted by atomic mass is 9.99. The first-order chi connectivity index (χ1) is 15.0. The molecule has 32 heavy (non-hydrogen) atoms. The minimum Gasteiger partial charge on any atom is -0.300 e. The zero-order chi connectivity index (χ0) is 23.3. The molecule has 5 nitrogen and oxygen atoms in total. The quantitative estimate of drug-likeness (QED) is 0.413. The normalized spacial score (nSPS) is 15.5. The molecule has 3 heterocycles. The number of aromatic nitrogens is 3. The highest BCUT2D eigenvalue weighted by molar-refractivity contribution is 7.98. The molecule has 3 aromatic heterocycles. The van der Waals surface area contributed by atoms with Crippen molar-refractivity contribution in [1.29, 1.82) is 5.26 Å². The molecule has 11 heteroatoms. The summed E-state index contributed by atoms with van der Waals surface area (Å²) < 4.78 is 65.6. The summed E-state index contributed by atoms with van der Waals surface area (Å²) in [6.45, 7) is -1.83. The van der Waals surface area contributed by atoms with Crippen LogP contribution in [-0.2, 0) is 12.0 Å². The van der Waals surface area contributed by atoms with Crippen LogP contribution in [0.2, 0.25) is 0 Å². The van der Waals surface area contributed by atoms with Crippen LogP contribution in [0.1, 0.15) is 18.4 Å². The van der Waals surface area contributed by atoms with Crippen molar-refractivity contribution < 1.29 is 26.9 Å².